The molecule has 4 unspecified atom stereocenters. The van der Waals surface area contributed by atoms with E-state index in [1.807, 2.05) is 0 Å². The molecule has 0 aliphatic rings. The first-order chi connectivity index (χ1) is 36.6. The van der Waals surface area contributed by atoms with E-state index < -0.39 is 214 Å². The number of phenolic OH excluding ortho intramolecular Hbond substituents is 1. The summed E-state index contributed by atoms with van der Waals surface area (Å²) in [7, 11) is 0. The fourth-order valence-corrected chi connectivity index (χ4v) is 6.31. The van der Waals surface area contributed by atoms with Crippen molar-refractivity contribution in [2.75, 3.05) is 0 Å². The van der Waals surface area contributed by atoms with Crippen molar-refractivity contribution in [3.05, 3.63) is 133 Å². The molecule has 4 aromatic carbocycles. The molecule has 4 rings (SSSR count). The van der Waals surface area contributed by atoms with E-state index in [4.69, 9.17) is 0 Å². The SMILES string of the molecule is FC(F)(F)c1cc([N-]C(CC([N-]c2cc(C(F)(F)F)cc(C(F)(F)F)c2)C(F)(F)F)C(F)(F)F)cc(C(F)(F)F)c1.O.Oc1c([N-]C(CC([N-]c2cc(C(F)(F)F)cc(C(F)(F)F)c2)C(F)(F)F)C(F)(F)F)cc(C(F)(F)F)cc1C(F)(F)F.[Cu+2].[Cu+2]. The summed E-state index contributed by atoms with van der Waals surface area (Å²) in [6.07, 6.45) is -74.0. The van der Waals surface area contributed by atoms with Crippen LogP contribution in [0.1, 0.15) is 57.3 Å². The van der Waals surface area contributed by atoms with Crippen molar-refractivity contribution < 1.29 is 203 Å². The molecule has 6 nitrogen and oxygen atoms in total. The zero-order chi connectivity index (χ0) is 64.8. The second kappa shape index (κ2) is 27.0. The molecule has 44 heteroatoms. The minimum Gasteiger partial charge on any atom is -0.675 e. The second-order valence-corrected chi connectivity index (χ2v) is 16.4. The maximum absolute atomic E-state index is 13.6. The molecule has 0 aliphatic heterocycles. The average Bonchev–Trinajstić information content (AvgIpc) is 3.24. The molecule has 0 aliphatic carbocycles. The van der Waals surface area contributed by atoms with E-state index in [0.717, 1.165) is 0 Å². The summed E-state index contributed by atoms with van der Waals surface area (Å²) in [4.78, 5) is 0. The van der Waals surface area contributed by atoms with Crippen LogP contribution in [0.2, 0.25) is 0 Å². The fourth-order valence-electron chi connectivity index (χ4n) is 6.31. The van der Waals surface area contributed by atoms with Crippen LogP contribution in [0, 0.1) is 0 Å². The fraction of sp³-hybridized carbons (Fsp3) is 0.429. The van der Waals surface area contributed by atoms with Crippen molar-refractivity contribution >= 4 is 22.7 Å². The first-order valence-electron chi connectivity index (χ1n) is 20.6. The number of aromatic hydroxyl groups is 1. The van der Waals surface area contributed by atoms with Crippen LogP contribution in [0.25, 0.3) is 21.3 Å². The van der Waals surface area contributed by atoms with Crippen LogP contribution >= 0.6 is 0 Å². The third kappa shape index (κ3) is 23.1. The van der Waals surface area contributed by atoms with Gasteiger partial charge in [-0.25, -0.2) is 0 Å². The summed E-state index contributed by atoms with van der Waals surface area (Å²) >= 11 is 0. The van der Waals surface area contributed by atoms with Crippen molar-refractivity contribution in [1.29, 1.82) is 0 Å². The Morgan fingerprint density at radius 3 is 0.628 bits per heavy atom. The molecule has 0 spiro atoms. The van der Waals surface area contributed by atoms with Crippen molar-refractivity contribution in [3.8, 4) is 5.75 Å². The Morgan fingerprint density at radius 2 is 0.453 bits per heavy atom. The Kier molecular flexibility index (Phi) is 25.2. The number of phenols is 1. The minimum absolute atomic E-state index is 0. The molecular weight excluding hydrogens is 1400 g/mol. The topological polar surface area (TPSA) is 108 Å². The molecule has 0 bridgehead atoms. The van der Waals surface area contributed by atoms with Gasteiger partial charge in [0.25, 0.3) is 0 Å². The van der Waals surface area contributed by atoms with Gasteiger partial charge < -0.3 is 31.8 Å². The molecule has 0 amide bonds. The largest absolute Gasteiger partial charge is 2.00 e. The third-order valence-corrected chi connectivity index (χ3v) is 10.1. The number of alkyl halides is 36. The Bertz CT molecular complexity index is 2660. The van der Waals surface area contributed by atoms with Gasteiger partial charge in [-0.2, -0.15) is 158 Å². The molecule has 2 radical (unpaired) electrons. The molecule has 0 saturated carbocycles. The maximum Gasteiger partial charge on any atom is 2.00 e. The van der Waals surface area contributed by atoms with E-state index in [9.17, 15) is 163 Å². The first kappa shape index (κ1) is 80.4. The second-order valence-electron chi connectivity index (χ2n) is 16.4. The number of hydrogen-bond acceptors (Lipinski definition) is 1. The van der Waals surface area contributed by atoms with Crippen LogP contribution in [0.4, 0.5) is 181 Å². The van der Waals surface area contributed by atoms with Gasteiger partial charge in [0.15, 0.2) is 0 Å². The van der Waals surface area contributed by atoms with E-state index in [-0.39, 0.29) is 76.0 Å². The van der Waals surface area contributed by atoms with Gasteiger partial charge in [-0.05, 0) is 48.4 Å². The maximum atomic E-state index is 13.6. The quantitative estimate of drug-likeness (QED) is 0.111. The van der Waals surface area contributed by atoms with Crippen LogP contribution < -0.4 is 0 Å². The molecule has 86 heavy (non-hydrogen) atoms. The smallest absolute Gasteiger partial charge is 0.675 e. The molecule has 0 fully saturated rings. The van der Waals surface area contributed by atoms with E-state index in [2.05, 4.69) is 21.3 Å². The number of rotatable bonds is 12. The van der Waals surface area contributed by atoms with Crippen molar-refractivity contribution in [2.24, 2.45) is 0 Å². The summed E-state index contributed by atoms with van der Waals surface area (Å²) in [5.41, 5.74) is -25.4. The summed E-state index contributed by atoms with van der Waals surface area (Å²) in [6.45, 7) is 0. The normalized spacial score (nSPS) is 14.9. The van der Waals surface area contributed by atoms with Crippen molar-refractivity contribution in [2.45, 2.75) is 111 Å². The predicted molar refractivity (Wildman–Crippen MR) is 212 cm³/mol. The summed E-state index contributed by atoms with van der Waals surface area (Å²) < 4.78 is 475. The third-order valence-electron chi connectivity index (χ3n) is 10.1. The van der Waals surface area contributed by atoms with Crippen LogP contribution in [0.15, 0.2) is 66.7 Å². The van der Waals surface area contributed by atoms with E-state index in [1.54, 1.807) is 0 Å². The Hall–Kier alpha value is -5.64. The molecule has 0 heterocycles. The van der Waals surface area contributed by atoms with Crippen molar-refractivity contribution in [3.63, 3.8) is 0 Å². The monoisotopic (exact) mass is 1420 g/mol. The van der Waals surface area contributed by atoms with Crippen LogP contribution in [-0.4, -0.2) is 59.5 Å². The Labute approximate surface area is 474 Å². The number of nitrogens with zero attached hydrogens (tertiary/aromatic N) is 4. The van der Waals surface area contributed by atoms with Gasteiger partial charge in [0, 0.05) is 0 Å². The zero-order valence-electron chi connectivity index (χ0n) is 39.5. The summed E-state index contributed by atoms with van der Waals surface area (Å²) in [5, 5.41) is 19.6. The van der Waals surface area contributed by atoms with E-state index >= 15 is 0 Å². The minimum atomic E-state index is -6.04. The van der Waals surface area contributed by atoms with Gasteiger partial charge in [-0.1, -0.05) is 61.0 Å². The van der Waals surface area contributed by atoms with Gasteiger partial charge in [-0.15, -0.1) is 17.1 Å². The molecule has 4 aromatic rings. The molecule has 496 valence electrons. The van der Waals surface area contributed by atoms with E-state index in [0.29, 0.717) is 0 Å². The molecule has 0 saturated heterocycles. The number of hydrogen-bond donors (Lipinski definition) is 1. The van der Waals surface area contributed by atoms with Crippen LogP contribution in [-0.2, 0) is 83.5 Å². The molecule has 4 atom stereocenters. The van der Waals surface area contributed by atoms with Gasteiger partial charge in [0.2, 0.25) is 0 Å². The van der Waals surface area contributed by atoms with Gasteiger partial charge >= 0.3 is 108 Å². The van der Waals surface area contributed by atoms with Gasteiger partial charge in [0.05, 0.1) is 44.5 Å². The summed E-state index contributed by atoms with van der Waals surface area (Å²) in [6, 6.07) is -20.3. The zero-order valence-corrected chi connectivity index (χ0v) is 41.4. The summed E-state index contributed by atoms with van der Waals surface area (Å²) in [5.74, 6) is -2.35. The predicted octanol–water partition coefficient (Wildman–Crippen LogP) is 20.3. The standard InChI is InChI=1S/C21H10F18N2O.C21H10F18N2.2Cu.H2O/c22-16(23,24)7-1-8(17(25,26)27)3-10(2-7)40-13(20(34,35)36)6-14(21(37,38)39)41-12-5-9(18(28,29)30)4-11(15(12)42)19(31,32)33;22-16(23,24)8-1-9(17(25,26)27)4-12(3-8)40-14(20(34,35)36)7-15(21(37,38)39)41-13-5-10(18(28,29)30)2-11(6-13)19(31,32)33;;;/h1-5,13-14,42H,6H2;1-6,14-15H,7H2;;;1H2/q2*-2;2*+2;. The van der Waals surface area contributed by atoms with Crippen LogP contribution in [0.3, 0.4) is 0 Å². The molecular formula is C42H22Cu2F36N4O2. The Balaban J connectivity index is 0.00000162. The van der Waals surface area contributed by atoms with Crippen molar-refractivity contribution in [1.82, 2.24) is 0 Å². The average molecular weight is 1430 g/mol. The first-order valence-corrected chi connectivity index (χ1v) is 20.6. The van der Waals surface area contributed by atoms with Gasteiger partial charge in [0.1, 0.15) is 5.75 Å². The van der Waals surface area contributed by atoms with Gasteiger partial charge in [-0.3, -0.25) is 0 Å². The Morgan fingerprint density at radius 1 is 0.267 bits per heavy atom. The number of halogens is 36. The van der Waals surface area contributed by atoms with Crippen LogP contribution in [0.5, 0.6) is 5.75 Å². The molecule has 3 N–H and O–H groups in total. The number of benzene rings is 4. The van der Waals surface area contributed by atoms with E-state index in [1.165, 1.54) is 0 Å². The molecule has 0 aromatic heterocycles.